The normalized spacial score (nSPS) is 17.6. The highest BCUT2D eigenvalue weighted by Crippen LogP contribution is 2.21. The van der Waals surface area contributed by atoms with Gasteiger partial charge in [-0.25, -0.2) is 4.39 Å². The molecule has 1 amide bonds. The number of carbonyl (C=O) groups is 1. The Hall–Kier alpha value is -2.24. The van der Waals surface area contributed by atoms with Crippen LogP contribution < -0.4 is 5.32 Å². The van der Waals surface area contributed by atoms with Crippen LogP contribution in [0.2, 0.25) is 0 Å². The van der Waals surface area contributed by atoms with Crippen molar-refractivity contribution in [1.29, 1.82) is 0 Å². The number of rotatable bonds is 6. The predicted octanol–water partition coefficient (Wildman–Crippen LogP) is 2.71. The second kappa shape index (κ2) is 8.23. The SMILES string of the molecule is O=C(NCc1ccccc1CN1CCC[C@@H]1CO)c1ccccc1F. The molecule has 2 N–H and O–H groups in total. The Morgan fingerprint density at radius 1 is 1.16 bits per heavy atom. The lowest BCUT2D eigenvalue weighted by molar-refractivity contribution is 0.0946. The molecule has 0 aliphatic carbocycles. The van der Waals surface area contributed by atoms with E-state index in [2.05, 4.69) is 10.2 Å². The molecule has 1 aliphatic heterocycles. The second-order valence-electron chi connectivity index (χ2n) is 6.38. The smallest absolute Gasteiger partial charge is 0.254 e. The number of hydrogen-bond donors (Lipinski definition) is 2. The summed E-state index contributed by atoms with van der Waals surface area (Å²) in [7, 11) is 0. The van der Waals surface area contributed by atoms with E-state index in [9.17, 15) is 14.3 Å². The molecule has 5 heteroatoms. The van der Waals surface area contributed by atoms with Crippen LogP contribution >= 0.6 is 0 Å². The van der Waals surface area contributed by atoms with Crippen LogP contribution in [-0.2, 0) is 13.1 Å². The van der Waals surface area contributed by atoms with Crippen molar-refractivity contribution in [3.8, 4) is 0 Å². The van der Waals surface area contributed by atoms with Crippen LogP contribution in [0.15, 0.2) is 48.5 Å². The fourth-order valence-electron chi connectivity index (χ4n) is 3.33. The minimum absolute atomic E-state index is 0.0554. The van der Waals surface area contributed by atoms with Gasteiger partial charge in [0, 0.05) is 19.1 Å². The Labute approximate surface area is 147 Å². The quantitative estimate of drug-likeness (QED) is 0.849. The molecule has 1 saturated heterocycles. The number of likely N-dealkylation sites (tertiary alicyclic amines) is 1. The lowest BCUT2D eigenvalue weighted by Crippen LogP contribution is -2.32. The molecule has 0 spiro atoms. The van der Waals surface area contributed by atoms with E-state index < -0.39 is 11.7 Å². The van der Waals surface area contributed by atoms with Gasteiger partial charge in [0.15, 0.2) is 0 Å². The van der Waals surface area contributed by atoms with Crippen LogP contribution in [0.1, 0.15) is 34.3 Å². The van der Waals surface area contributed by atoms with E-state index >= 15 is 0 Å². The minimum atomic E-state index is -0.517. The molecule has 2 aromatic rings. The summed E-state index contributed by atoms with van der Waals surface area (Å²) in [6.07, 6.45) is 2.11. The summed E-state index contributed by atoms with van der Waals surface area (Å²) in [5, 5.41) is 12.3. The standard InChI is InChI=1S/C20H23FN2O2/c21-19-10-4-3-9-18(19)20(25)22-12-15-6-1-2-7-16(15)13-23-11-5-8-17(23)14-24/h1-4,6-7,9-10,17,24H,5,8,11-14H2,(H,22,25)/t17-/m1/s1. The van der Waals surface area contributed by atoms with E-state index in [4.69, 9.17) is 0 Å². The van der Waals surface area contributed by atoms with Gasteiger partial charge in [0.1, 0.15) is 5.82 Å². The maximum Gasteiger partial charge on any atom is 0.254 e. The summed E-state index contributed by atoms with van der Waals surface area (Å²) < 4.78 is 13.7. The lowest BCUT2D eigenvalue weighted by atomic mass is 10.1. The monoisotopic (exact) mass is 342 g/mol. The molecule has 0 bridgehead atoms. The van der Waals surface area contributed by atoms with Gasteiger partial charge < -0.3 is 10.4 Å². The Balaban J connectivity index is 1.67. The molecule has 0 saturated carbocycles. The molecule has 3 rings (SSSR count). The highest BCUT2D eigenvalue weighted by atomic mass is 19.1. The summed E-state index contributed by atoms with van der Waals surface area (Å²) in [5.74, 6) is -0.932. The highest BCUT2D eigenvalue weighted by molar-refractivity contribution is 5.94. The third-order valence-electron chi connectivity index (χ3n) is 4.76. The maximum absolute atomic E-state index is 13.7. The number of nitrogens with one attached hydrogen (secondary N) is 1. The number of nitrogens with zero attached hydrogens (tertiary/aromatic N) is 1. The fraction of sp³-hybridized carbons (Fsp3) is 0.350. The van der Waals surface area contributed by atoms with Gasteiger partial charge >= 0.3 is 0 Å². The van der Waals surface area contributed by atoms with Crippen molar-refractivity contribution in [2.24, 2.45) is 0 Å². The van der Waals surface area contributed by atoms with Gasteiger partial charge in [0.2, 0.25) is 0 Å². The van der Waals surface area contributed by atoms with Crippen LogP contribution in [0.5, 0.6) is 0 Å². The average Bonchev–Trinajstić information content (AvgIpc) is 3.08. The van der Waals surface area contributed by atoms with Crippen molar-refractivity contribution in [3.05, 3.63) is 71.0 Å². The molecule has 132 valence electrons. The third kappa shape index (κ3) is 4.24. The van der Waals surface area contributed by atoms with E-state index in [-0.39, 0.29) is 18.2 Å². The zero-order valence-electron chi connectivity index (χ0n) is 14.1. The van der Waals surface area contributed by atoms with Crippen molar-refractivity contribution in [2.45, 2.75) is 32.0 Å². The summed E-state index contributed by atoms with van der Waals surface area (Å²) in [6, 6.07) is 14.1. The number of aliphatic hydroxyl groups is 1. The van der Waals surface area contributed by atoms with Gasteiger partial charge in [0.25, 0.3) is 5.91 Å². The van der Waals surface area contributed by atoms with Gasteiger partial charge in [-0.1, -0.05) is 36.4 Å². The summed E-state index contributed by atoms with van der Waals surface area (Å²) >= 11 is 0. The van der Waals surface area contributed by atoms with E-state index in [0.29, 0.717) is 6.54 Å². The molecule has 0 radical (unpaired) electrons. The van der Waals surface area contributed by atoms with E-state index in [0.717, 1.165) is 37.1 Å². The third-order valence-corrected chi connectivity index (χ3v) is 4.76. The lowest BCUT2D eigenvalue weighted by Gasteiger charge is -2.24. The molecular weight excluding hydrogens is 319 g/mol. The van der Waals surface area contributed by atoms with Crippen molar-refractivity contribution >= 4 is 5.91 Å². The molecule has 0 aromatic heterocycles. The first-order valence-corrected chi connectivity index (χ1v) is 8.63. The largest absolute Gasteiger partial charge is 0.395 e. The topological polar surface area (TPSA) is 52.6 Å². The molecule has 0 unspecified atom stereocenters. The number of amides is 1. The number of benzene rings is 2. The number of halogens is 1. The van der Waals surface area contributed by atoms with Gasteiger partial charge in [-0.05, 0) is 42.6 Å². The first kappa shape index (κ1) is 17.6. The zero-order valence-corrected chi connectivity index (χ0v) is 14.1. The van der Waals surface area contributed by atoms with Crippen molar-refractivity contribution in [3.63, 3.8) is 0 Å². The Morgan fingerprint density at radius 2 is 1.88 bits per heavy atom. The minimum Gasteiger partial charge on any atom is -0.395 e. The van der Waals surface area contributed by atoms with Crippen LogP contribution in [-0.4, -0.2) is 35.1 Å². The van der Waals surface area contributed by atoms with Crippen LogP contribution in [0.4, 0.5) is 4.39 Å². The number of aliphatic hydroxyl groups excluding tert-OH is 1. The maximum atomic E-state index is 13.7. The summed E-state index contributed by atoms with van der Waals surface area (Å²) in [4.78, 5) is 14.5. The molecule has 1 aliphatic rings. The summed E-state index contributed by atoms with van der Waals surface area (Å²) in [6.45, 7) is 2.24. The van der Waals surface area contributed by atoms with Gasteiger partial charge in [-0.15, -0.1) is 0 Å². The first-order chi connectivity index (χ1) is 12.2. The van der Waals surface area contributed by atoms with Crippen LogP contribution in [0.25, 0.3) is 0 Å². The molecule has 1 atom stereocenters. The van der Waals surface area contributed by atoms with Crippen molar-refractivity contribution in [1.82, 2.24) is 10.2 Å². The van der Waals surface area contributed by atoms with Crippen molar-refractivity contribution < 1.29 is 14.3 Å². The van der Waals surface area contributed by atoms with Gasteiger partial charge in [0.05, 0.1) is 12.2 Å². The molecule has 1 heterocycles. The van der Waals surface area contributed by atoms with Crippen molar-refractivity contribution in [2.75, 3.05) is 13.2 Å². The highest BCUT2D eigenvalue weighted by Gasteiger charge is 2.24. The fourth-order valence-corrected chi connectivity index (χ4v) is 3.33. The van der Waals surface area contributed by atoms with Gasteiger partial charge in [-0.3, -0.25) is 9.69 Å². The zero-order chi connectivity index (χ0) is 17.6. The predicted molar refractivity (Wildman–Crippen MR) is 94.5 cm³/mol. The van der Waals surface area contributed by atoms with Gasteiger partial charge in [-0.2, -0.15) is 0 Å². The first-order valence-electron chi connectivity index (χ1n) is 8.63. The van der Waals surface area contributed by atoms with E-state index in [1.807, 2.05) is 24.3 Å². The number of hydrogen-bond acceptors (Lipinski definition) is 3. The Morgan fingerprint density at radius 3 is 2.64 bits per heavy atom. The molecule has 4 nitrogen and oxygen atoms in total. The molecular formula is C20H23FN2O2. The Bertz CT molecular complexity index is 735. The average molecular weight is 342 g/mol. The molecule has 2 aromatic carbocycles. The van der Waals surface area contributed by atoms with Crippen LogP contribution in [0, 0.1) is 5.82 Å². The van der Waals surface area contributed by atoms with E-state index in [1.165, 1.54) is 12.1 Å². The van der Waals surface area contributed by atoms with E-state index in [1.54, 1.807) is 12.1 Å². The second-order valence-corrected chi connectivity index (χ2v) is 6.38. The summed E-state index contributed by atoms with van der Waals surface area (Å²) in [5.41, 5.74) is 2.19. The van der Waals surface area contributed by atoms with Crippen LogP contribution in [0.3, 0.4) is 0 Å². The number of carbonyl (C=O) groups excluding carboxylic acids is 1. The Kier molecular flexibility index (Phi) is 5.79. The molecule has 1 fully saturated rings. The molecule has 25 heavy (non-hydrogen) atoms.